The standard InChI is InChI=1S/C21H26O2/c1-23-19-10-6-9-18(14-19)20-12-11-16(15-22)13-21(20)17-7-4-2-3-5-8-17/h6,9-14,17,22H,2-5,7-8,15H2,1H3. The van der Waals surface area contributed by atoms with Crippen LogP contribution in [0.25, 0.3) is 11.1 Å². The molecule has 2 nitrogen and oxygen atoms in total. The SMILES string of the molecule is COc1cccc(-c2ccc(CO)cc2C2CCCCCC2)c1. The number of methoxy groups -OCH3 is 1. The number of ether oxygens (including phenoxy) is 1. The molecule has 0 amide bonds. The van der Waals surface area contributed by atoms with E-state index in [1.54, 1.807) is 7.11 Å². The fourth-order valence-electron chi connectivity index (χ4n) is 3.69. The van der Waals surface area contributed by atoms with Crippen LogP contribution < -0.4 is 4.74 Å². The fraction of sp³-hybridized carbons (Fsp3) is 0.429. The highest BCUT2D eigenvalue weighted by Crippen LogP contribution is 2.38. The van der Waals surface area contributed by atoms with Crippen molar-refractivity contribution in [2.75, 3.05) is 7.11 Å². The molecule has 1 aliphatic rings. The van der Waals surface area contributed by atoms with Gasteiger partial charge in [0.25, 0.3) is 0 Å². The first kappa shape index (κ1) is 16.1. The van der Waals surface area contributed by atoms with Gasteiger partial charge in [-0.1, -0.05) is 56.0 Å². The van der Waals surface area contributed by atoms with Crippen LogP contribution in [0.2, 0.25) is 0 Å². The maximum absolute atomic E-state index is 9.54. The molecule has 122 valence electrons. The van der Waals surface area contributed by atoms with Crippen molar-refractivity contribution in [3.63, 3.8) is 0 Å². The first-order valence-corrected chi connectivity index (χ1v) is 8.70. The highest BCUT2D eigenvalue weighted by Gasteiger charge is 2.19. The number of aliphatic hydroxyl groups is 1. The largest absolute Gasteiger partial charge is 0.497 e. The minimum Gasteiger partial charge on any atom is -0.497 e. The van der Waals surface area contributed by atoms with Gasteiger partial charge in [0, 0.05) is 0 Å². The summed E-state index contributed by atoms with van der Waals surface area (Å²) >= 11 is 0. The third-order valence-corrected chi connectivity index (χ3v) is 4.97. The highest BCUT2D eigenvalue weighted by atomic mass is 16.5. The summed E-state index contributed by atoms with van der Waals surface area (Å²) in [5, 5.41) is 9.54. The molecule has 23 heavy (non-hydrogen) atoms. The zero-order valence-corrected chi connectivity index (χ0v) is 13.9. The molecule has 1 saturated carbocycles. The Kier molecular flexibility index (Phi) is 5.35. The van der Waals surface area contributed by atoms with E-state index >= 15 is 0 Å². The Balaban J connectivity index is 2.04. The Labute approximate surface area is 139 Å². The molecule has 0 atom stereocenters. The third-order valence-electron chi connectivity index (χ3n) is 4.97. The molecule has 0 saturated heterocycles. The summed E-state index contributed by atoms with van der Waals surface area (Å²) in [7, 11) is 1.71. The van der Waals surface area contributed by atoms with Crippen LogP contribution in [0.3, 0.4) is 0 Å². The Morgan fingerprint density at radius 1 is 1.00 bits per heavy atom. The smallest absolute Gasteiger partial charge is 0.119 e. The zero-order chi connectivity index (χ0) is 16.1. The van der Waals surface area contributed by atoms with Crippen molar-refractivity contribution in [1.82, 2.24) is 0 Å². The Hall–Kier alpha value is -1.80. The molecule has 1 fully saturated rings. The van der Waals surface area contributed by atoms with E-state index in [9.17, 15) is 5.11 Å². The summed E-state index contributed by atoms with van der Waals surface area (Å²) in [6.07, 6.45) is 7.84. The molecule has 2 aromatic carbocycles. The normalized spacial score (nSPS) is 16.1. The van der Waals surface area contributed by atoms with Gasteiger partial charge in [-0.2, -0.15) is 0 Å². The maximum atomic E-state index is 9.54. The van der Waals surface area contributed by atoms with E-state index in [2.05, 4.69) is 24.3 Å². The fourth-order valence-corrected chi connectivity index (χ4v) is 3.69. The average Bonchev–Trinajstić information content (AvgIpc) is 2.90. The first-order chi connectivity index (χ1) is 11.3. The van der Waals surface area contributed by atoms with Gasteiger partial charge in [-0.05, 0) is 53.1 Å². The molecule has 0 aromatic heterocycles. The van der Waals surface area contributed by atoms with Crippen molar-refractivity contribution >= 4 is 0 Å². The molecule has 2 heteroatoms. The Bertz CT molecular complexity index is 640. The van der Waals surface area contributed by atoms with E-state index in [0.29, 0.717) is 5.92 Å². The lowest BCUT2D eigenvalue weighted by molar-refractivity contribution is 0.281. The summed E-state index contributed by atoms with van der Waals surface area (Å²) in [6.45, 7) is 0.109. The van der Waals surface area contributed by atoms with Gasteiger partial charge in [-0.25, -0.2) is 0 Å². The van der Waals surface area contributed by atoms with Gasteiger partial charge >= 0.3 is 0 Å². The van der Waals surface area contributed by atoms with Gasteiger partial charge in [0.1, 0.15) is 5.75 Å². The summed E-state index contributed by atoms with van der Waals surface area (Å²) in [6, 6.07) is 14.7. The van der Waals surface area contributed by atoms with E-state index < -0.39 is 0 Å². The van der Waals surface area contributed by atoms with Crippen molar-refractivity contribution in [3.8, 4) is 16.9 Å². The molecule has 2 aromatic rings. The Morgan fingerprint density at radius 2 is 1.78 bits per heavy atom. The van der Waals surface area contributed by atoms with Crippen molar-refractivity contribution in [2.24, 2.45) is 0 Å². The van der Waals surface area contributed by atoms with Gasteiger partial charge in [0.05, 0.1) is 13.7 Å². The minimum absolute atomic E-state index is 0.109. The van der Waals surface area contributed by atoms with Crippen LogP contribution in [0.4, 0.5) is 0 Å². The summed E-state index contributed by atoms with van der Waals surface area (Å²) in [5.41, 5.74) is 4.89. The van der Waals surface area contributed by atoms with E-state index in [1.165, 1.54) is 55.2 Å². The lowest BCUT2D eigenvalue weighted by Crippen LogP contribution is -2.02. The van der Waals surface area contributed by atoms with E-state index in [4.69, 9.17) is 4.74 Å². The van der Waals surface area contributed by atoms with Crippen LogP contribution in [0.5, 0.6) is 5.75 Å². The topological polar surface area (TPSA) is 29.5 Å². The highest BCUT2D eigenvalue weighted by molar-refractivity contribution is 5.70. The Morgan fingerprint density at radius 3 is 2.48 bits per heavy atom. The third kappa shape index (κ3) is 3.76. The second-order valence-corrected chi connectivity index (χ2v) is 6.50. The minimum atomic E-state index is 0.109. The second kappa shape index (κ2) is 7.65. The average molecular weight is 310 g/mol. The number of aliphatic hydroxyl groups excluding tert-OH is 1. The molecule has 0 spiro atoms. The molecule has 0 unspecified atom stereocenters. The van der Waals surface area contributed by atoms with Gasteiger partial charge in [-0.3, -0.25) is 0 Å². The van der Waals surface area contributed by atoms with Crippen molar-refractivity contribution in [1.29, 1.82) is 0 Å². The van der Waals surface area contributed by atoms with Crippen molar-refractivity contribution < 1.29 is 9.84 Å². The van der Waals surface area contributed by atoms with Crippen LogP contribution in [0.15, 0.2) is 42.5 Å². The second-order valence-electron chi connectivity index (χ2n) is 6.50. The van der Waals surface area contributed by atoms with Crippen molar-refractivity contribution in [3.05, 3.63) is 53.6 Å². The van der Waals surface area contributed by atoms with Crippen LogP contribution >= 0.6 is 0 Å². The first-order valence-electron chi connectivity index (χ1n) is 8.70. The number of rotatable bonds is 4. The molecule has 0 heterocycles. The maximum Gasteiger partial charge on any atom is 0.119 e. The molecule has 3 rings (SSSR count). The quantitative estimate of drug-likeness (QED) is 0.777. The molecule has 0 aliphatic heterocycles. The predicted molar refractivity (Wildman–Crippen MR) is 94.8 cm³/mol. The van der Waals surface area contributed by atoms with Gasteiger partial charge in [0.15, 0.2) is 0 Å². The molecule has 0 bridgehead atoms. The summed E-state index contributed by atoms with van der Waals surface area (Å²) in [4.78, 5) is 0. The molecule has 0 radical (unpaired) electrons. The van der Waals surface area contributed by atoms with Crippen LogP contribution in [0.1, 0.15) is 55.6 Å². The monoisotopic (exact) mass is 310 g/mol. The summed E-state index contributed by atoms with van der Waals surface area (Å²) < 4.78 is 5.39. The van der Waals surface area contributed by atoms with Gasteiger partial charge < -0.3 is 9.84 Å². The van der Waals surface area contributed by atoms with Crippen LogP contribution in [-0.2, 0) is 6.61 Å². The van der Waals surface area contributed by atoms with Crippen LogP contribution in [-0.4, -0.2) is 12.2 Å². The molecular formula is C21H26O2. The van der Waals surface area contributed by atoms with E-state index in [-0.39, 0.29) is 6.61 Å². The predicted octanol–water partition coefficient (Wildman–Crippen LogP) is 5.29. The van der Waals surface area contributed by atoms with Gasteiger partial charge in [-0.15, -0.1) is 0 Å². The lowest BCUT2D eigenvalue weighted by atomic mass is 9.85. The van der Waals surface area contributed by atoms with Crippen molar-refractivity contribution in [2.45, 2.75) is 51.0 Å². The molecule has 1 N–H and O–H groups in total. The van der Waals surface area contributed by atoms with E-state index in [1.807, 2.05) is 18.2 Å². The zero-order valence-electron chi connectivity index (χ0n) is 13.9. The number of hydrogen-bond donors (Lipinski definition) is 1. The van der Waals surface area contributed by atoms with Crippen LogP contribution in [0, 0.1) is 0 Å². The molecule has 1 aliphatic carbocycles. The van der Waals surface area contributed by atoms with Gasteiger partial charge in [0.2, 0.25) is 0 Å². The summed E-state index contributed by atoms with van der Waals surface area (Å²) in [5.74, 6) is 1.49. The number of hydrogen-bond acceptors (Lipinski definition) is 2. The van der Waals surface area contributed by atoms with E-state index in [0.717, 1.165) is 11.3 Å². The number of benzene rings is 2. The molecular weight excluding hydrogens is 284 g/mol. The lowest BCUT2D eigenvalue weighted by Gasteiger charge is -2.20.